The van der Waals surface area contributed by atoms with E-state index in [0.29, 0.717) is 5.75 Å². The molecule has 6 nitrogen and oxygen atoms in total. The van der Waals surface area contributed by atoms with E-state index < -0.39 is 22.8 Å². The summed E-state index contributed by atoms with van der Waals surface area (Å²) >= 11 is 4.27. The van der Waals surface area contributed by atoms with Crippen LogP contribution in [0.25, 0.3) is 0 Å². The molecule has 0 saturated heterocycles. The number of methoxy groups -OCH3 is 1. The van der Waals surface area contributed by atoms with Crippen LogP contribution in [0.4, 0.5) is 10.2 Å². The van der Waals surface area contributed by atoms with Crippen LogP contribution in [-0.2, 0) is 11.2 Å². The highest BCUT2D eigenvalue weighted by molar-refractivity contribution is 7.91. The van der Waals surface area contributed by atoms with Gasteiger partial charge in [-0.2, -0.15) is 9.97 Å². The van der Waals surface area contributed by atoms with Gasteiger partial charge >= 0.3 is 5.16 Å². The minimum atomic E-state index is -1.40. The zero-order valence-electron chi connectivity index (χ0n) is 12.3. The van der Waals surface area contributed by atoms with Crippen LogP contribution >= 0.6 is 11.6 Å². The van der Waals surface area contributed by atoms with Crippen LogP contribution < -0.4 is 10.5 Å². The molecule has 1 aromatic carbocycles. The monoisotopic (exact) mass is 357 g/mol. The number of rotatable bonds is 5. The van der Waals surface area contributed by atoms with Gasteiger partial charge in [-0.1, -0.05) is 11.6 Å². The molecule has 0 bridgehead atoms. The molecule has 0 aliphatic rings. The van der Waals surface area contributed by atoms with Gasteiger partial charge < -0.3 is 15.0 Å². The Balaban J connectivity index is 2.47. The summed E-state index contributed by atoms with van der Waals surface area (Å²) in [5, 5.41) is -0.132. The summed E-state index contributed by atoms with van der Waals surface area (Å²) in [5.74, 6) is -1.10. The number of carbonyl (C=O) groups excluding carboxylic acids is 1. The van der Waals surface area contributed by atoms with Crippen molar-refractivity contribution in [3.05, 3.63) is 40.3 Å². The van der Waals surface area contributed by atoms with Crippen molar-refractivity contribution in [3.8, 4) is 5.75 Å². The van der Waals surface area contributed by atoms with Crippen molar-refractivity contribution in [2.45, 2.75) is 12.1 Å². The third kappa shape index (κ3) is 3.54. The maximum absolute atomic E-state index is 13.6. The van der Waals surface area contributed by atoms with Crippen molar-refractivity contribution < 1.29 is 18.5 Å². The summed E-state index contributed by atoms with van der Waals surface area (Å²) < 4.78 is 30.3. The lowest BCUT2D eigenvalue weighted by atomic mass is 10.0. The first-order chi connectivity index (χ1) is 10.9. The molecule has 0 aliphatic heterocycles. The molecular formula is C14H13ClFN3O3S. The molecule has 2 rings (SSSR count). The quantitative estimate of drug-likeness (QED) is 0.500. The number of hydrogen-bond donors (Lipinski definition) is 1. The average molecular weight is 358 g/mol. The van der Waals surface area contributed by atoms with Crippen molar-refractivity contribution in [1.82, 2.24) is 9.97 Å². The van der Waals surface area contributed by atoms with Gasteiger partial charge in [-0.15, -0.1) is 0 Å². The maximum atomic E-state index is 13.6. The third-order valence-electron chi connectivity index (χ3n) is 2.99. The molecule has 9 heteroatoms. The number of nitrogens with two attached hydrogens (primary N) is 1. The van der Waals surface area contributed by atoms with Crippen molar-refractivity contribution in [3.63, 3.8) is 0 Å². The molecular weight excluding hydrogens is 345 g/mol. The van der Waals surface area contributed by atoms with Gasteiger partial charge in [0, 0.05) is 23.4 Å². The van der Waals surface area contributed by atoms with Crippen LogP contribution in [0.5, 0.6) is 5.75 Å². The number of carbonyl (C=O) groups is 1. The van der Waals surface area contributed by atoms with Gasteiger partial charge in [0.05, 0.1) is 23.3 Å². The van der Waals surface area contributed by atoms with Crippen LogP contribution in [0.2, 0.25) is 5.02 Å². The molecule has 1 aromatic heterocycles. The van der Waals surface area contributed by atoms with E-state index in [0.717, 1.165) is 6.07 Å². The Bertz CT molecular complexity index is 760. The fourth-order valence-electron chi connectivity index (χ4n) is 1.81. The topological polar surface area (TPSA) is 101 Å². The second-order valence-corrected chi connectivity index (χ2v) is 6.42. The molecule has 122 valence electrons. The standard InChI is InChI=1S/C14H13ClFN3O3S/c1-3-23(21)14-18-6-8(13(17)19-14)12(20)7-4-10(16)9(15)5-11(7)22-2/h4-6H,3H2,1-2H3,(H2,17,18,19). The van der Waals surface area contributed by atoms with Gasteiger partial charge in [-0.25, -0.2) is 4.39 Å². The minimum absolute atomic E-state index is 0.0378. The number of ether oxygens (including phenoxy) is 1. The van der Waals surface area contributed by atoms with Gasteiger partial charge in [0.15, 0.2) is 0 Å². The highest BCUT2D eigenvalue weighted by Crippen LogP contribution is 2.29. The molecule has 0 radical (unpaired) electrons. The van der Waals surface area contributed by atoms with E-state index in [-0.39, 0.29) is 32.9 Å². The largest absolute Gasteiger partial charge is 0.609 e. The Morgan fingerprint density at radius 2 is 2.17 bits per heavy atom. The van der Waals surface area contributed by atoms with Crippen LogP contribution in [-0.4, -0.2) is 33.2 Å². The van der Waals surface area contributed by atoms with Gasteiger partial charge in [-0.3, -0.25) is 4.79 Å². The van der Waals surface area contributed by atoms with E-state index in [1.54, 1.807) is 6.92 Å². The fourth-order valence-corrected chi connectivity index (χ4v) is 2.59. The second-order valence-electron chi connectivity index (χ2n) is 4.38. The van der Waals surface area contributed by atoms with E-state index in [4.69, 9.17) is 22.1 Å². The van der Waals surface area contributed by atoms with Crippen molar-refractivity contribution in [2.24, 2.45) is 0 Å². The van der Waals surface area contributed by atoms with Crippen LogP contribution in [0, 0.1) is 5.82 Å². The van der Waals surface area contributed by atoms with Crippen LogP contribution in [0.1, 0.15) is 22.8 Å². The molecule has 1 unspecified atom stereocenters. The molecule has 1 heterocycles. The Labute approximate surface area is 140 Å². The molecule has 2 aromatic rings. The first-order valence-corrected chi connectivity index (χ1v) is 8.17. The first kappa shape index (κ1) is 17.5. The Morgan fingerprint density at radius 3 is 2.74 bits per heavy atom. The summed E-state index contributed by atoms with van der Waals surface area (Å²) in [4.78, 5) is 20.3. The van der Waals surface area contributed by atoms with E-state index in [1.165, 1.54) is 19.4 Å². The molecule has 1 atom stereocenters. The summed E-state index contributed by atoms with van der Waals surface area (Å²) in [6.45, 7) is 1.70. The van der Waals surface area contributed by atoms with Crippen LogP contribution in [0.3, 0.4) is 0 Å². The van der Waals surface area contributed by atoms with Gasteiger partial charge in [0.1, 0.15) is 23.1 Å². The summed E-state index contributed by atoms with van der Waals surface area (Å²) in [6.07, 6.45) is 1.17. The van der Waals surface area contributed by atoms with E-state index in [1.807, 2.05) is 0 Å². The third-order valence-corrected chi connectivity index (χ3v) is 4.41. The van der Waals surface area contributed by atoms with E-state index in [2.05, 4.69) is 9.97 Å². The number of nitrogens with zero attached hydrogens (tertiary/aromatic N) is 2. The number of aromatic nitrogens is 2. The average Bonchev–Trinajstić information content (AvgIpc) is 2.55. The van der Waals surface area contributed by atoms with Gasteiger partial charge in [0.2, 0.25) is 5.78 Å². The second kappa shape index (κ2) is 7.12. The number of hydrogen-bond acceptors (Lipinski definition) is 6. The molecule has 0 spiro atoms. The highest BCUT2D eigenvalue weighted by Gasteiger charge is 2.23. The fraction of sp³-hybridized carbons (Fsp3) is 0.214. The number of nitrogen functional groups attached to an aromatic ring is 1. The predicted molar refractivity (Wildman–Crippen MR) is 84.8 cm³/mol. The molecule has 0 amide bonds. The normalized spacial score (nSPS) is 12.0. The molecule has 23 heavy (non-hydrogen) atoms. The number of halogens is 2. The Kier molecular flexibility index (Phi) is 5.40. The molecule has 0 aliphatic carbocycles. The summed E-state index contributed by atoms with van der Waals surface area (Å²) in [6, 6.07) is 2.16. The lowest BCUT2D eigenvalue weighted by Gasteiger charge is -2.11. The van der Waals surface area contributed by atoms with Gasteiger partial charge in [-0.05, 0) is 13.0 Å². The van der Waals surface area contributed by atoms with Crippen molar-refractivity contribution in [2.75, 3.05) is 18.6 Å². The minimum Gasteiger partial charge on any atom is -0.609 e. The van der Waals surface area contributed by atoms with E-state index in [9.17, 15) is 13.7 Å². The lowest BCUT2D eigenvalue weighted by Crippen LogP contribution is -2.15. The summed E-state index contributed by atoms with van der Waals surface area (Å²) in [5.41, 5.74) is 5.64. The summed E-state index contributed by atoms with van der Waals surface area (Å²) in [7, 11) is 1.33. The highest BCUT2D eigenvalue weighted by atomic mass is 35.5. The number of anilines is 1. The lowest BCUT2D eigenvalue weighted by molar-refractivity contribution is 0.103. The zero-order valence-corrected chi connectivity index (χ0v) is 13.9. The predicted octanol–water partition coefficient (Wildman–Crippen LogP) is 2.22. The maximum Gasteiger partial charge on any atom is 0.344 e. The van der Waals surface area contributed by atoms with Crippen LogP contribution in [0.15, 0.2) is 23.5 Å². The molecule has 0 saturated carbocycles. The van der Waals surface area contributed by atoms with Crippen molar-refractivity contribution >= 4 is 34.4 Å². The smallest absolute Gasteiger partial charge is 0.344 e. The Morgan fingerprint density at radius 1 is 1.48 bits per heavy atom. The first-order valence-electron chi connectivity index (χ1n) is 6.47. The van der Waals surface area contributed by atoms with E-state index >= 15 is 0 Å². The Hall–Kier alpha value is -1.90. The number of ketones is 1. The van der Waals surface area contributed by atoms with Crippen molar-refractivity contribution in [1.29, 1.82) is 0 Å². The zero-order chi connectivity index (χ0) is 17.1. The molecule has 2 N–H and O–H groups in total. The SMILES string of the molecule is CC[S+]([O-])c1ncc(C(=O)c2cc(F)c(Cl)cc2OC)c(N)n1. The van der Waals surface area contributed by atoms with Gasteiger partial charge in [0.25, 0.3) is 0 Å². The molecule has 0 fully saturated rings. The number of benzene rings is 1.